The third-order valence-electron chi connectivity index (χ3n) is 2.68. The first kappa shape index (κ1) is 14.1. The van der Waals surface area contributed by atoms with Gasteiger partial charge < -0.3 is 20.3 Å². The van der Waals surface area contributed by atoms with E-state index in [1.54, 1.807) is 25.3 Å². The molecule has 0 bridgehead atoms. The van der Waals surface area contributed by atoms with Crippen molar-refractivity contribution in [2.24, 2.45) is 0 Å². The molecule has 2 rings (SSSR count). The first-order valence-corrected chi connectivity index (χ1v) is 6.56. The zero-order valence-electron chi connectivity index (χ0n) is 11.0. The molecule has 1 aromatic heterocycles. The fourth-order valence-corrected chi connectivity index (χ4v) is 2.68. The van der Waals surface area contributed by atoms with Crippen molar-refractivity contribution >= 4 is 22.4 Å². The molecule has 1 heterocycles. The quantitative estimate of drug-likeness (QED) is 0.876. The summed E-state index contributed by atoms with van der Waals surface area (Å²) in [5.41, 5.74) is 6.99. The molecule has 1 aromatic carbocycles. The van der Waals surface area contributed by atoms with Crippen molar-refractivity contribution in [3.05, 3.63) is 23.1 Å². The van der Waals surface area contributed by atoms with Crippen LogP contribution in [0.3, 0.4) is 0 Å². The number of hydrogen-bond acceptors (Lipinski definition) is 6. The van der Waals surface area contributed by atoms with Crippen LogP contribution in [0, 0.1) is 0 Å². The molecular weight excluding hydrogens is 280 g/mol. The highest BCUT2D eigenvalue weighted by molar-refractivity contribution is 7.15. The van der Waals surface area contributed by atoms with E-state index >= 15 is 0 Å². The van der Waals surface area contributed by atoms with Crippen LogP contribution >= 0.6 is 11.3 Å². The maximum Gasteiger partial charge on any atom is 0.308 e. The summed E-state index contributed by atoms with van der Waals surface area (Å²) in [5.74, 6) is 0.229. The second-order valence-corrected chi connectivity index (χ2v) is 5.08. The standard InChI is InChI=1S/C13H14N2O4S/c1-18-8-4-3-7(5-9(8)19-2)12-10(6-11(16)17)20-13(14)15-12/h3-5H,6H2,1-2H3,(H2,14,15)(H,16,17). The fraction of sp³-hybridized carbons (Fsp3) is 0.231. The van der Waals surface area contributed by atoms with Crippen LogP contribution in [0.25, 0.3) is 11.3 Å². The Bertz CT molecular complexity index is 639. The Labute approximate surface area is 119 Å². The molecule has 7 heteroatoms. The lowest BCUT2D eigenvalue weighted by Crippen LogP contribution is -1.99. The summed E-state index contributed by atoms with van der Waals surface area (Å²) in [6, 6.07) is 5.29. The molecule has 6 nitrogen and oxygen atoms in total. The van der Waals surface area contributed by atoms with Crippen molar-refractivity contribution in [2.75, 3.05) is 20.0 Å². The number of methoxy groups -OCH3 is 2. The molecule has 0 saturated carbocycles. The van der Waals surface area contributed by atoms with Crippen LogP contribution in [0.5, 0.6) is 11.5 Å². The van der Waals surface area contributed by atoms with Gasteiger partial charge in [0.15, 0.2) is 16.6 Å². The molecule has 0 aliphatic heterocycles. The van der Waals surface area contributed by atoms with Crippen LogP contribution < -0.4 is 15.2 Å². The SMILES string of the molecule is COc1ccc(-c2nc(N)sc2CC(=O)O)cc1OC. The van der Waals surface area contributed by atoms with E-state index in [0.717, 1.165) is 5.56 Å². The Morgan fingerprint density at radius 1 is 1.35 bits per heavy atom. The van der Waals surface area contributed by atoms with Crippen molar-refractivity contribution in [1.29, 1.82) is 0 Å². The first-order valence-electron chi connectivity index (χ1n) is 5.74. The number of ether oxygens (including phenoxy) is 2. The first-order chi connectivity index (χ1) is 9.55. The Hall–Kier alpha value is -2.28. The minimum Gasteiger partial charge on any atom is -0.493 e. The molecule has 0 radical (unpaired) electrons. The van der Waals surface area contributed by atoms with Gasteiger partial charge in [0.2, 0.25) is 0 Å². The Balaban J connectivity index is 2.48. The van der Waals surface area contributed by atoms with Crippen LogP contribution in [0.2, 0.25) is 0 Å². The van der Waals surface area contributed by atoms with Crippen LogP contribution in [-0.2, 0) is 11.2 Å². The number of nitrogen functional groups attached to an aromatic ring is 1. The molecule has 0 unspecified atom stereocenters. The molecular formula is C13H14N2O4S. The molecule has 2 aromatic rings. The van der Waals surface area contributed by atoms with E-state index in [9.17, 15) is 4.79 Å². The Kier molecular flexibility index (Phi) is 4.09. The number of hydrogen-bond donors (Lipinski definition) is 2. The van der Waals surface area contributed by atoms with E-state index in [0.29, 0.717) is 27.2 Å². The monoisotopic (exact) mass is 294 g/mol. The highest BCUT2D eigenvalue weighted by atomic mass is 32.1. The largest absolute Gasteiger partial charge is 0.493 e. The van der Waals surface area contributed by atoms with Gasteiger partial charge in [-0.15, -0.1) is 11.3 Å². The number of carbonyl (C=O) groups is 1. The third kappa shape index (κ3) is 2.83. The molecule has 0 aliphatic rings. The zero-order valence-corrected chi connectivity index (χ0v) is 11.9. The van der Waals surface area contributed by atoms with Gasteiger partial charge in [-0.2, -0.15) is 0 Å². The van der Waals surface area contributed by atoms with Gasteiger partial charge in [-0.3, -0.25) is 4.79 Å². The summed E-state index contributed by atoms with van der Waals surface area (Å²) >= 11 is 1.17. The van der Waals surface area contributed by atoms with Crippen LogP contribution in [0.15, 0.2) is 18.2 Å². The van der Waals surface area contributed by atoms with Gasteiger partial charge in [-0.1, -0.05) is 0 Å². The number of benzene rings is 1. The van der Waals surface area contributed by atoms with E-state index in [1.165, 1.54) is 18.4 Å². The predicted molar refractivity (Wildman–Crippen MR) is 76.4 cm³/mol. The second kappa shape index (κ2) is 5.79. The third-order valence-corrected chi connectivity index (χ3v) is 3.57. The van der Waals surface area contributed by atoms with Crippen molar-refractivity contribution in [1.82, 2.24) is 4.98 Å². The van der Waals surface area contributed by atoms with Gasteiger partial charge in [-0.05, 0) is 18.2 Å². The summed E-state index contributed by atoms with van der Waals surface area (Å²) in [4.78, 5) is 15.7. The summed E-state index contributed by atoms with van der Waals surface area (Å²) in [6.45, 7) is 0. The van der Waals surface area contributed by atoms with Crippen LogP contribution in [0.1, 0.15) is 4.88 Å². The molecule has 20 heavy (non-hydrogen) atoms. The summed E-state index contributed by atoms with van der Waals surface area (Å²) < 4.78 is 10.4. The zero-order chi connectivity index (χ0) is 14.7. The number of aliphatic carboxylic acids is 1. The lowest BCUT2D eigenvalue weighted by Gasteiger charge is -2.09. The predicted octanol–water partition coefficient (Wildman–Crippen LogP) is 2.04. The van der Waals surface area contributed by atoms with Gasteiger partial charge in [0.1, 0.15) is 0 Å². The molecule has 0 aliphatic carbocycles. The van der Waals surface area contributed by atoms with Crippen molar-refractivity contribution in [3.63, 3.8) is 0 Å². The second-order valence-electron chi connectivity index (χ2n) is 3.96. The smallest absolute Gasteiger partial charge is 0.308 e. The van der Waals surface area contributed by atoms with Gasteiger partial charge in [0.05, 0.1) is 26.3 Å². The summed E-state index contributed by atoms with van der Waals surface area (Å²) in [7, 11) is 3.09. The number of rotatable bonds is 5. The summed E-state index contributed by atoms with van der Waals surface area (Å²) in [6.07, 6.45) is -0.113. The Morgan fingerprint density at radius 3 is 2.65 bits per heavy atom. The van der Waals surface area contributed by atoms with E-state index in [2.05, 4.69) is 4.98 Å². The summed E-state index contributed by atoms with van der Waals surface area (Å²) in [5, 5.41) is 9.26. The van der Waals surface area contributed by atoms with Gasteiger partial charge in [0, 0.05) is 10.4 Å². The van der Waals surface area contributed by atoms with Gasteiger partial charge in [0.25, 0.3) is 0 Å². The molecule has 0 fully saturated rings. The minimum absolute atomic E-state index is 0.113. The van der Waals surface area contributed by atoms with Gasteiger partial charge in [-0.25, -0.2) is 4.98 Å². The number of nitrogens with zero attached hydrogens (tertiary/aromatic N) is 1. The molecule has 0 atom stereocenters. The van der Waals surface area contributed by atoms with Gasteiger partial charge >= 0.3 is 5.97 Å². The average molecular weight is 294 g/mol. The molecule has 0 saturated heterocycles. The highest BCUT2D eigenvalue weighted by Gasteiger charge is 2.16. The van der Waals surface area contributed by atoms with E-state index < -0.39 is 5.97 Å². The minimum atomic E-state index is -0.921. The van der Waals surface area contributed by atoms with Crippen molar-refractivity contribution < 1.29 is 19.4 Å². The highest BCUT2D eigenvalue weighted by Crippen LogP contribution is 2.35. The van der Waals surface area contributed by atoms with Crippen molar-refractivity contribution in [3.8, 4) is 22.8 Å². The maximum absolute atomic E-state index is 10.9. The molecule has 0 spiro atoms. The number of carboxylic acid groups (broad SMARTS) is 1. The van der Waals surface area contributed by atoms with Crippen molar-refractivity contribution in [2.45, 2.75) is 6.42 Å². The number of thiazole rings is 1. The Morgan fingerprint density at radius 2 is 2.05 bits per heavy atom. The lowest BCUT2D eigenvalue weighted by molar-refractivity contribution is -0.136. The molecule has 106 valence electrons. The van der Waals surface area contributed by atoms with Crippen LogP contribution in [0.4, 0.5) is 5.13 Å². The normalized spacial score (nSPS) is 10.3. The lowest BCUT2D eigenvalue weighted by atomic mass is 10.1. The number of nitrogens with two attached hydrogens (primary N) is 1. The molecule has 0 amide bonds. The average Bonchev–Trinajstić information content (AvgIpc) is 2.77. The number of anilines is 1. The van der Waals surface area contributed by atoms with Crippen LogP contribution in [-0.4, -0.2) is 30.3 Å². The maximum atomic E-state index is 10.9. The number of aromatic nitrogens is 1. The number of carboxylic acids is 1. The molecule has 3 N–H and O–H groups in total. The topological polar surface area (TPSA) is 94.7 Å². The van der Waals surface area contributed by atoms with E-state index in [4.69, 9.17) is 20.3 Å². The van der Waals surface area contributed by atoms with E-state index in [1.807, 2.05) is 0 Å². The van der Waals surface area contributed by atoms with E-state index in [-0.39, 0.29) is 6.42 Å². The fourth-order valence-electron chi connectivity index (χ4n) is 1.84.